The van der Waals surface area contributed by atoms with Crippen molar-refractivity contribution in [2.75, 3.05) is 33.4 Å². The fourth-order valence-electron chi connectivity index (χ4n) is 1.24. The van der Waals surface area contributed by atoms with Crippen molar-refractivity contribution in [1.29, 1.82) is 0 Å². The minimum Gasteiger partial charge on any atom is -0.492 e. The van der Waals surface area contributed by atoms with Crippen molar-refractivity contribution in [2.45, 2.75) is 6.42 Å². The van der Waals surface area contributed by atoms with Crippen LogP contribution in [-0.2, 0) is 4.74 Å². The lowest BCUT2D eigenvalue weighted by molar-refractivity contribution is 0.193. The molecule has 0 bridgehead atoms. The van der Waals surface area contributed by atoms with Gasteiger partial charge in [-0.2, -0.15) is 0 Å². The highest BCUT2D eigenvalue weighted by Gasteiger charge is 1.93. The molecule has 5 heteroatoms. The van der Waals surface area contributed by atoms with Crippen molar-refractivity contribution in [1.82, 2.24) is 5.32 Å². The van der Waals surface area contributed by atoms with Crippen LogP contribution in [0.15, 0.2) is 24.3 Å². The number of methoxy groups -OCH3 is 1. The molecular formula is C12H19Cl2NO2. The van der Waals surface area contributed by atoms with Gasteiger partial charge in [0, 0.05) is 25.3 Å². The van der Waals surface area contributed by atoms with Gasteiger partial charge < -0.3 is 14.8 Å². The molecule has 17 heavy (non-hydrogen) atoms. The van der Waals surface area contributed by atoms with Crippen molar-refractivity contribution in [3.05, 3.63) is 29.3 Å². The largest absolute Gasteiger partial charge is 0.492 e. The molecule has 1 N–H and O–H groups in total. The number of ether oxygens (including phenoxy) is 2. The summed E-state index contributed by atoms with van der Waals surface area (Å²) < 4.78 is 10.5. The Morgan fingerprint density at radius 2 is 1.82 bits per heavy atom. The molecule has 0 aliphatic carbocycles. The summed E-state index contributed by atoms with van der Waals surface area (Å²) >= 11 is 5.76. The van der Waals surface area contributed by atoms with E-state index in [0.29, 0.717) is 6.61 Å². The summed E-state index contributed by atoms with van der Waals surface area (Å²) in [4.78, 5) is 0. The Labute approximate surface area is 114 Å². The van der Waals surface area contributed by atoms with E-state index < -0.39 is 0 Å². The van der Waals surface area contributed by atoms with Gasteiger partial charge in [-0.15, -0.1) is 12.4 Å². The summed E-state index contributed by atoms with van der Waals surface area (Å²) in [5.74, 6) is 0.850. The van der Waals surface area contributed by atoms with Gasteiger partial charge in [0.15, 0.2) is 0 Å². The Balaban J connectivity index is 0.00000256. The topological polar surface area (TPSA) is 30.5 Å². The van der Waals surface area contributed by atoms with Crippen LogP contribution in [0.2, 0.25) is 5.02 Å². The van der Waals surface area contributed by atoms with Crippen LogP contribution in [0.4, 0.5) is 0 Å². The maximum absolute atomic E-state index is 5.76. The predicted octanol–water partition coefficient (Wildman–Crippen LogP) is 2.77. The molecule has 0 saturated heterocycles. The zero-order chi connectivity index (χ0) is 11.6. The Morgan fingerprint density at radius 3 is 2.47 bits per heavy atom. The van der Waals surface area contributed by atoms with Gasteiger partial charge in [0.1, 0.15) is 12.4 Å². The summed E-state index contributed by atoms with van der Waals surface area (Å²) in [6.45, 7) is 3.25. The lowest BCUT2D eigenvalue weighted by Crippen LogP contribution is -2.22. The average Bonchev–Trinajstić information content (AvgIpc) is 2.30. The lowest BCUT2D eigenvalue weighted by Gasteiger charge is -2.07. The minimum atomic E-state index is 0. The van der Waals surface area contributed by atoms with Gasteiger partial charge in [0.05, 0.1) is 0 Å². The van der Waals surface area contributed by atoms with Crippen molar-refractivity contribution < 1.29 is 9.47 Å². The van der Waals surface area contributed by atoms with Gasteiger partial charge in [0.2, 0.25) is 0 Å². The highest BCUT2D eigenvalue weighted by molar-refractivity contribution is 6.30. The zero-order valence-corrected chi connectivity index (χ0v) is 11.5. The second-order valence-corrected chi connectivity index (χ2v) is 3.84. The third-order valence-corrected chi connectivity index (χ3v) is 2.32. The van der Waals surface area contributed by atoms with Crippen LogP contribution < -0.4 is 10.1 Å². The monoisotopic (exact) mass is 279 g/mol. The van der Waals surface area contributed by atoms with E-state index >= 15 is 0 Å². The van der Waals surface area contributed by atoms with E-state index in [0.717, 1.165) is 36.9 Å². The van der Waals surface area contributed by atoms with E-state index in [9.17, 15) is 0 Å². The Kier molecular flexibility index (Phi) is 10.4. The van der Waals surface area contributed by atoms with E-state index in [1.54, 1.807) is 7.11 Å². The summed E-state index contributed by atoms with van der Waals surface area (Å²) in [5, 5.41) is 4.00. The molecule has 0 atom stereocenters. The van der Waals surface area contributed by atoms with E-state index in [4.69, 9.17) is 21.1 Å². The molecule has 0 aromatic heterocycles. The molecule has 0 saturated carbocycles. The number of rotatable bonds is 8. The van der Waals surface area contributed by atoms with E-state index in [-0.39, 0.29) is 12.4 Å². The normalized spacial score (nSPS) is 9.76. The van der Waals surface area contributed by atoms with Crippen molar-refractivity contribution >= 4 is 24.0 Å². The molecular weight excluding hydrogens is 261 g/mol. The zero-order valence-electron chi connectivity index (χ0n) is 9.95. The molecule has 1 rings (SSSR count). The summed E-state index contributed by atoms with van der Waals surface area (Å²) in [7, 11) is 1.71. The van der Waals surface area contributed by atoms with Gasteiger partial charge in [-0.1, -0.05) is 11.6 Å². The fraction of sp³-hybridized carbons (Fsp3) is 0.500. The SMILES string of the molecule is COCCCNCCOc1ccc(Cl)cc1.Cl. The summed E-state index contributed by atoms with van der Waals surface area (Å²) in [6, 6.07) is 7.38. The molecule has 0 heterocycles. The highest BCUT2D eigenvalue weighted by atomic mass is 35.5. The first-order chi connectivity index (χ1) is 7.83. The third kappa shape index (κ3) is 8.27. The molecule has 0 aliphatic heterocycles. The Hall–Kier alpha value is -0.480. The first-order valence-electron chi connectivity index (χ1n) is 5.41. The molecule has 0 spiro atoms. The minimum absolute atomic E-state index is 0. The lowest BCUT2D eigenvalue weighted by atomic mass is 10.3. The van der Waals surface area contributed by atoms with Gasteiger partial charge in [-0.25, -0.2) is 0 Å². The number of benzene rings is 1. The van der Waals surface area contributed by atoms with E-state index in [2.05, 4.69) is 5.32 Å². The fourth-order valence-corrected chi connectivity index (χ4v) is 1.36. The van der Waals surface area contributed by atoms with E-state index in [1.807, 2.05) is 24.3 Å². The second-order valence-electron chi connectivity index (χ2n) is 3.40. The first kappa shape index (κ1) is 16.5. The van der Waals surface area contributed by atoms with Crippen LogP contribution in [0, 0.1) is 0 Å². The Bertz CT molecular complexity index is 280. The maximum atomic E-state index is 5.76. The number of halogens is 2. The van der Waals surface area contributed by atoms with Gasteiger partial charge in [-0.3, -0.25) is 0 Å². The van der Waals surface area contributed by atoms with E-state index in [1.165, 1.54) is 0 Å². The van der Waals surface area contributed by atoms with Gasteiger partial charge >= 0.3 is 0 Å². The van der Waals surface area contributed by atoms with Gasteiger partial charge in [-0.05, 0) is 37.2 Å². The number of nitrogens with one attached hydrogen (secondary N) is 1. The number of hydrogen-bond acceptors (Lipinski definition) is 3. The van der Waals surface area contributed by atoms with Crippen LogP contribution in [-0.4, -0.2) is 33.4 Å². The molecule has 1 aromatic carbocycles. The molecule has 1 aromatic rings. The van der Waals surface area contributed by atoms with Gasteiger partial charge in [0.25, 0.3) is 0 Å². The van der Waals surface area contributed by atoms with Crippen molar-refractivity contribution in [2.24, 2.45) is 0 Å². The van der Waals surface area contributed by atoms with Crippen molar-refractivity contribution in [3.8, 4) is 5.75 Å². The molecule has 0 radical (unpaired) electrons. The molecule has 98 valence electrons. The first-order valence-corrected chi connectivity index (χ1v) is 5.79. The van der Waals surface area contributed by atoms with Crippen molar-refractivity contribution in [3.63, 3.8) is 0 Å². The molecule has 3 nitrogen and oxygen atoms in total. The van der Waals surface area contributed by atoms with Crippen LogP contribution in [0.3, 0.4) is 0 Å². The highest BCUT2D eigenvalue weighted by Crippen LogP contribution is 2.14. The average molecular weight is 280 g/mol. The Morgan fingerprint density at radius 1 is 1.12 bits per heavy atom. The quantitative estimate of drug-likeness (QED) is 0.743. The standard InChI is InChI=1S/C12H18ClNO2.ClH/c1-15-9-2-7-14-8-10-16-12-5-3-11(13)4-6-12;/h3-6,14H,2,7-10H2,1H3;1H. The van der Waals surface area contributed by atoms with Crippen LogP contribution >= 0.6 is 24.0 Å². The van der Waals surface area contributed by atoms with Crippen LogP contribution in [0.1, 0.15) is 6.42 Å². The summed E-state index contributed by atoms with van der Waals surface area (Å²) in [5.41, 5.74) is 0. The predicted molar refractivity (Wildman–Crippen MR) is 73.6 cm³/mol. The second kappa shape index (κ2) is 10.7. The molecule has 0 unspecified atom stereocenters. The third-order valence-electron chi connectivity index (χ3n) is 2.06. The van der Waals surface area contributed by atoms with Crippen LogP contribution in [0.25, 0.3) is 0 Å². The molecule has 0 aliphatic rings. The molecule has 0 amide bonds. The summed E-state index contributed by atoms with van der Waals surface area (Å²) in [6.07, 6.45) is 1.03. The number of hydrogen-bond donors (Lipinski definition) is 1. The maximum Gasteiger partial charge on any atom is 0.119 e. The van der Waals surface area contributed by atoms with Crippen LogP contribution in [0.5, 0.6) is 5.75 Å². The smallest absolute Gasteiger partial charge is 0.119 e. The molecule has 0 fully saturated rings.